The summed E-state index contributed by atoms with van der Waals surface area (Å²) in [6.07, 6.45) is 8.19. The largest absolute Gasteiger partial charge is 0.484 e. The zero-order chi connectivity index (χ0) is 25.6. The lowest BCUT2D eigenvalue weighted by atomic mass is 10.0. The van der Waals surface area contributed by atoms with Gasteiger partial charge in [-0.05, 0) is 54.6 Å². The molecule has 2 aromatic carbocycles. The summed E-state index contributed by atoms with van der Waals surface area (Å²) in [6.45, 7) is 4.89. The van der Waals surface area contributed by atoms with E-state index in [0.717, 1.165) is 22.6 Å². The van der Waals surface area contributed by atoms with Crippen LogP contribution in [0.1, 0.15) is 38.9 Å². The molecule has 0 spiro atoms. The van der Waals surface area contributed by atoms with Gasteiger partial charge in [-0.1, -0.05) is 48.9 Å². The van der Waals surface area contributed by atoms with Gasteiger partial charge in [-0.15, -0.1) is 9.24 Å². The van der Waals surface area contributed by atoms with E-state index in [0.29, 0.717) is 29.8 Å². The predicted molar refractivity (Wildman–Crippen MR) is 140 cm³/mol. The maximum absolute atomic E-state index is 13.5. The number of rotatable bonds is 10. The molecule has 186 valence electrons. The minimum absolute atomic E-state index is 0.523. The van der Waals surface area contributed by atoms with Gasteiger partial charge in [-0.3, -0.25) is 9.48 Å². The summed E-state index contributed by atoms with van der Waals surface area (Å²) in [5.41, 5.74) is 1.62. The molecule has 0 fully saturated rings. The Hall–Kier alpha value is -2.76. The van der Waals surface area contributed by atoms with Crippen LogP contribution in [-0.2, 0) is 11.3 Å². The maximum atomic E-state index is 13.5. The fourth-order valence-electron chi connectivity index (χ4n) is 3.54. The van der Waals surface area contributed by atoms with Gasteiger partial charge >= 0.3 is 5.92 Å². The summed E-state index contributed by atoms with van der Waals surface area (Å²) in [4.78, 5) is 11.9. The Morgan fingerprint density at radius 1 is 1.29 bits per heavy atom. The summed E-state index contributed by atoms with van der Waals surface area (Å²) in [7, 11) is 2.70. The van der Waals surface area contributed by atoms with Gasteiger partial charge in [0.15, 0.2) is 0 Å². The monoisotopic (exact) mass is 519 g/mol. The van der Waals surface area contributed by atoms with E-state index in [1.807, 2.05) is 29.0 Å². The van der Waals surface area contributed by atoms with E-state index in [2.05, 4.69) is 32.7 Å². The van der Waals surface area contributed by atoms with E-state index in [1.165, 1.54) is 0 Å². The van der Waals surface area contributed by atoms with E-state index in [1.54, 1.807) is 43.5 Å². The Balaban J connectivity index is 1.83. The third kappa shape index (κ3) is 7.36. The first-order chi connectivity index (χ1) is 16.6. The number of nitrogens with zero attached hydrogens (tertiary/aromatic N) is 2. The van der Waals surface area contributed by atoms with Gasteiger partial charge < -0.3 is 10.1 Å². The maximum Gasteiger partial charge on any atom is 0.321 e. The van der Waals surface area contributed by atoms with E-state index >= 15 is 0 Å². The molecule has 0 bridgehead atoms. The SMILES string of the molecule is CC/C=C(P)\C=C/Cn1ncc2cc(O[C@H](c3ccc(Cl)cc3)C(C)NC(=O)C(C)(F)F)ccc21. The smallest absolute Gasteiger partial charge is 0.321 e. The molecule has 0 aliphatic carbocycles. The predicted octanol–water partition coefficient (Wildman–Crippen LogP) is 6.69. The zero-order valence-electron chi connectivity index (χ0n) is 19.8. The van der Waals surface area contributed by atoms with E-state index in [9.17, 15) is 13.6 Å². The lowest BCUT2D eigenvalue weighted by molar-refractivity contribution is -0.144. The van der Waals surface area contributed by atoms with Crippen molar-refractivity contribution in [2.75, 3.05) is 0 Å². The molecule has 1 N–H and O–H groups in total. The standard InChI is InChI=1S/C26H29ClF2N3O2P/c1-4-6-22(35)7-5-14-32-23-13-12-21(15-19(23)16-30-32)34-24(18-8-10-20(27)11-9-18)17(2)31-25(33)26(3,28)29/h5-13,15-17,24H,4,14,35H2,1-3H3,(H,31,33)/b7-5-,22-6+/t17?,24-/m0/s1. The van der Waals surface area contributed by atoms with Gasteiger partial charge in [0.05, 0.1) is 24.3 Å². The van der Waals surface area contributed by atoms with Crippen molar-refractivity contribution in [1.29, 1.82) is 0 Å². The highest BCUT2D eigenvalue weighted by Gasteiger charge is 2.35. The summed E-state index contributed by atoms with van der Waals surface area (Å²) in [6, 6.07) is 11.7. The van der Waals surface area contributed by atoms with Gasteiger partial charge in [0.1, 0.15) is 11.9 Å². The first kappa shape index (κ1) is 26.8. The van der Waals surface area contributed by atoms with Crippen molar-refractivity contribution in [3.63, 3.8) is 0 Å². The van der Waals surface area contributed by atoms with Crippen LogP contribution in [0.25, 0.3) is 10.9 Å². The molecule has 3 aromatic rings. The molecule has 3 rings (SSSR count). The first-order valence-electron chi connectivity index (χ1n) is 11.3. The number of halogens is 3. The second kappa shape index (κ2) is 11.8. The van der Waals surface area contributed by atoms with E-state index in [4.69, 9.17) is 16.3 Å². The number of fused-ring (bicyclic) bond motifs is 1. The quantitative estimate of drug-likeness (QED) is 0.240. The average Bonchev–Trinajstić information content (AvgIpc) is 3.20. The van der Waals surface area contributed by atoms with Crippen LogP contribution in [0.4, 0.5) is 8.78 Å². The highest BCUT2D eigenvalue weighted by Crippen LogP contribution is 2.29. The third-order valence-corrected chi connectivity index (χ3v) is 6.00. The van der Waals surface area contributed by atoms with E-state index < -0.39 is 24.0 Å². The normalized spacial score (nSPS) is 14.3. The second-order valence-electron chi connectivity index (χ2n) is 8.30. The summed E-state index contributed by atoms with van der Waals surface area (Å²) >= 11 is 6.01. The molecule has 3 atom stereocenters. The summed E-state index contributed by atoms with van der Waals surface area (Å²) < 4.78 is 35.0. The van der Waals surface area contributed by atoms with Crippen molar-refractivity contribution in [1.82, 2.24) is 15.1 Å². The molecule has 0 aliphatic heterocycles. The molecule has 5 nitrogen and oxygen atoms in total. The van der Waals surface area contributed by atoms with Crippen molar-refractivity contribution >= 4 is 37.7 Å². The number of benzene rings is 2. The average molecular weight is 520 g/mol. The van der Waals surface area contributed by atoms with Crippen LogP contribution in [0, 0.1) is 0 Å². The van der Waals surface area contributed by atoms with Crippen LogP contribution in [0.5, 0.6) is 5.75 Å². The van der Waals surface area contributed by atoms with Crippen molar-refractivity contribution in [2.45, 2.75) is 51.8 Å². The number of hydrogen-bond donors (Lipinski definition) is 1. The van der Waals surface area contributed by atoms with Crippen molar-refractivity contribution < 1.29 is 18.3 Å². The van der Waals surface area contributed by atoms with Crippen LogP contribution in [0.15, 0.2) is 72.2 Å². The van der Waals surface area contributed by atoms with E-state index in [-0.39, 0.29) is 0 Å². The molecule has 9 heteroatoms. The fourth-order valence-corrected chi connectivity index (χ4v) is 4.04. The number of nitrogens with one attached hydrogen (secondary N) is 1. The Morgan fingerprint density at radius 2 is 2.00 bits per heavy atom. The number of amides is 1. The number of alkyl halides is 2. The van der Waals surface area contributed by atoms with Crippen molar-refractivity contribution in [3.8, 4) is 5.75 Å². The second-order valence-corrected chi connectivity index (χ2v) is 9.41. The third-order valence-electron chi connectivity index (χ3n) is 5.31. The molecule has 0 radical (unpaired) electrons. The Bertz CT molecular complexity index is 1220. The van der Waals surface area contributed by atoms with Crippen molar-refractivity contribution in [3.05, 3.63) is 82.8 Å². The van der Waals surface area contributed by atoms with Crippen molar-refractivity contribution in [2.24, 2.45) is 0 Å². The lowest BCUT2D eigenvalue weighted by Gasteiger charge is -2.27. The van der Waals surface area contributed by atoms with Crippen LogP contribution in [0.3, 0.4) is 0 Å². The molecule has 0 aliphatic rings. The molecular weight excluding hydrogens is 491 g/mol. The molecule has 1 amide bonds. The number of aromatic nitrogens is 2. The van der Waals surface area contributed by atoms with Crippen LogP contribution in [-0.4, -0.2) is 27.7 Å². The summed E-state index contributed by atoms with van der Waals surface area (Å²) in [5, 5.41) is 9.34. The van der Waals surface area contributed by atoms with Gasteiger partial charge in [0, 0.05) is 17.3 Å². The molecule has 0 saturated heterocycles. The van der Waals surface area contributed by atoms with Gasteiger partial charge in [-0.25, -0.2) is 0 Å². The Labute approximate surface area is 211 Å². The van der Waals surface area contributed by atoms with Crippen LogP contribution in [0.2, 0.25) is 5.02 Å². The number of hydrogen-bond acceptors (Lipinski definition) is 3. The topological polar surface area (TPSA) is 56.1 Å². The Kier molecular flexibility index (Phi) is 9.03. The molecule has 2 unspecified atom stereocenters. The highest BCUT2D eigenvalue weighted by molar-refractivity contribution is 7.22. The fraction of sp³-hybridized carbons (Fsp3) is 0.308. The molecule has 0 saturated carbocycles. The highest BCUT2D eigenvalue weighted by atomic mass is 35.5. The zero-order valence-corrected chi connectivity index (χ0v) is 21.8. The minimum atomic E-state index is -3.50. The molecule has 1 aromatic heterocycles. The molecular formula is C26H29ClF2N3O2P. The van der Waals surface area contributed by atoms with Gasteiger partial charge in [0.25, 0.3) is 5.91 Å². The van der Waals surface area contributed by atoms with Crippen LogP contribution < -0.4 is 10.1 Å². The minimum Gasteiger partial charge on any atom is -0.484 e. The van der Waals surface area contributed by atoms with Crippen LogP contribution >= 0.6 is 20.8 Å². The number of ether oxygens (including phenoxy) is 1. The number of allylic oxidation sites excluding steroid dienone is 4. The lowest BCUT2D eigenvalue weighted by Crippen LogP contribution is -2.46. The first-order valence-corrected chi connectivity index (χ1v) is 12.2. The molecule has 35 heavy (non-hydrogen) atoms. The summed E-state index contributed by atoms with van der Waals surface area (Å²) in [5.74, 6) is -4.33. The Morgan fingerprint density at radius 3 is 2.66 bits per heavy atom. The number of carbonyl (C=O) groups excluding carboxylic acids is 1. The molecule has 1 heterocycles. The van der Waals surface area contributed by atoms with Gasteiger partial charge in [-0.2, -0.15) is 13.9 Å². The number of carbonyl (C=O) groups is 1. The van der Waals surface area contributed by atoms with Gasteiger partial charge in [0.2, 0.25) is 0 Å².